The van der Waals surface area contributed by atoms with E-state index in [2.05, 4.69) is 6.58 Å². The summed E-state index contributed by atoms with van der Waals surface area (Å²) in [5.74, 6) is 0.445. The molecule has 110 valence electrons. The van der Waals surface area contributed by atoms with Crippen molar-refractivity contribution in [1.82, 2.24) is 4.57 Å². The number of methoxy groups -OCH3 is 1. The summed E-state index contributed by atoms with van der Waals surface area (Å²) in [7, 11) is 1.53. The van der Waals surface area contributed by atoms with Gasteiger partial charge in [0.1, 0.15) is 11.5 Å². The molecule has 0 radical (unpaired) electrons. The van der Waals surface area contributed by atoms with Crippen molar-refractivity contribution in [3.05, 3.63) is 48.8 Å². The zero-order chi connectivity index (χ0) is 15.6. The number of ether oxygens (including phenoxy) is 1. The number of para-hydroxylation sites is 1. The highest BCUT2D eigenvalue weighted by Gasteiger charge is 2.18. The average molecular weight is 285 g/mol. The third-order valence-corrected chi connectivity index (χ3v) is 3.32. The Morgan fingerprint density at radius 2 is 1.90 bits per heavy atom. The lowest BCUT2D eigenvalue weighted by Gasteiger charge is -2.07. The van der Waals surface area contributed by atoms with E-state index in [0.717, 1.165) is 0 Å². The van der Waals surface area contributed by atoms with E-state index in [1.807, 2.05) is 19.9 Å². The van der Waals surface area contributed by atoms with Crippen LogP contribution in [0, 0.1) is 5.92 Å². The van der Waals surface area contributed by atoms with Gasteiger partial charge in [-0.3, -0.25) is 9.36 Å². The Morgan fingerprint density at radius 3 is 2.48 bits per heavy atom. The molecule has 0 saturated heterocycles. The third-order valence-electron chi connectivity index (χ3n) is 3.32. The minimum atomic E-state index is -0.127. The topological polar surface area (TPSA) is 51.5 Å². The molecule has 0 bridgehead atoms. The number of aromatic hydroxyl groups is 1. The molecule has 2 rings (SSSR count). The first-order valence-corrected chi connectivity index (χ1v) is 6.73. The zero-order valence-corrected chi connectivity index (χ0v) is 12.5. The van der Waals surface area contributed by atoms with E-state index >= 15 is 0 Å². The van der Waals surface area contributed by atoms with Crippen molar-refractivity contribution in [1.29, 1.82) is 0 Å². The first-order valence-electron chi connectivity index (χ1n) is 6.73. The Hall–Kier alpha value is -2.49. The molecule has 21 heavy (non-hydrogen) atoms. The molecule has 0 saturated carbocycles. The Labute approximate surface area is 124 Å². The van der Waals surface area contributed by atoms with Crippen LogP contribution in [0.1, 0.15) is 24.2 Å². The van der Waals surface area contributed by atoms with E-state index in [1.54, 1.807) is 30.6 Å². The summed E-state index contributed by atoms with van der Waals surface area (Å²) >= 11 is 0. The lowest BCUT2D eigenvalue weighted by Crippen LogP contribution is -2.14. The molecule has 1 heterocycles. The van der Waals surface area contributed by atoms with Crippen molar-refractivity contribution in [3.63, 3.8) is 0 Å². The van der Waals surface area contributed by atoms with Gasteiger partial charge in [-0.2, -0.15) is 0 Å². The molecule has 1 aromatic carbocycles. The van der Waals surface area contributed by atoms with E-state index in [-0.39, 0.29) is 17.6 Å². The second-order valence-corrected chi connectivity index (χ2v) is 5.13. The zero-order valence-electron chi connectivity index (χ0n) is 12.5. The number of phenolic OH excluding ortho intramolecular Hbond substituents is 1. The summed E-state index contributed by atoms with van der Waals surface area (Å²) in [5, 5.41) is 10.0. The van der Waals surface area contributed by atoms with Gasteiger partial charge in [-0.25, -0.2) is 0 Å². The number of carbonyl (C=O) groups excluding carboxylic acids is 1. The fourth-order valence-electron chi connectivity index (χ4n) is 2.13. The van der Waals surface area contributed by atoms with Crippen LogP contribution in [0.2, 0.25) is 0 Å². The third kappa shape index (κ3) is 2.84. The Morgan fingerprint density at radius 1 is 1.24 bits per heavy atom. The average Bonchev–Trinajstić information content (AvgIpc) is 2.90. The van der Waals surface area contributed by atoms with Crippen LogP contribution in [0.3, 0.4) is 0 Å². The van der Waals surface area contributed by atoms with Crippen LogP contribution in [0.4, 0.5) is 0 Å². The summed E-state index contributed by atoms with van der Waals surface area (Å²) in [6.45, 7) is 7.53. The normalized spacial score (nSPS) is 10.7. The van der Waals surface area contributed by atoms with Gasteiger partial charge in [0.05, 0.1) is 7.11 Å². The van der Waals surface area contributed by atoms with Crippen LogP contribution in [0.25, 0.3) is 16.9 Å². The van der Waals surface area contributed by atoms with E-state index < -0.39 is 0 Å². The maximum atomic E-state index is 12.2. The Kier molecular flexibility index (Phi) is 4.17. The molecule has 4 heteroatoms. The van der Waals surface area contributed by atoms with E-state index in [4.69, 9.17) is 4.74 Å². The van der Waals surface area contributed by atoms with Crippen molar-refractivity contribution in [2.24, 2.45) is 5.92 Å². The van der Waals surface area contributed by atoms with Crippen molar-refractivity contribution in [2.45, 2.75) is 13.8 Å². The van der Waals surface area contributed by atoms with Crippen LogP contribution < -0.4 is 0 Å². The fraction of sp³-hybridized carbons (Fsp3) is 0.235. The summed E-state index contributed by atoms with van der Waals surface area (Å²) in [6, 6.07) is 6.98. The summed E-state index contributed by atoms with van der Waals surface area (Å²) in [4.78, 5) is 12.2. The highest BCUT2D eigenvalue weighted by atomic mass is 16.5. The monoisotopic (exact) mass is 285 g/mol. The first kappa shape index (κ1) is 14.9. The number of carbonyl (C=O) groups is 1. The number of benzene rings is 1. The number of nitrogens with zero attached hydrogens (tertiary/aromatic N) is 1. The molecular formula is C17H19NO3. The summed E-state index contributed by atoms with van der Waals surface area (Å²) in [6.07, 6.45) is 3.40. The van der Waals surface area contributed by atoms with Crippen molar-refractivity contribution < 1.29 is 14.6 Å². The van der Waals surface area contributed by atoms with Crippen LogP contribution in [-0.4, -0.2) is 22.7 Å². The van der Waals surface area contributed by atoms with Gasteiger partial charge >= 0.3 is 0 Å². The smallest absolute Gasteiger partial charge is 0.233 e. The minimum Gasteiger partial charge on any atom is -0.507 e. The van der Waals surface area contributed by atoms with Gasteiger partial charge in [0.15, 0.2) is 0 Å². The number of hydrogen-bond donors (Lipinski definition) is 1. The molecule has 0 spiro atoms. The summed E-state index contributed by atoms with van der Waals surface area (Å²) in [5.41, 5.74) is 2.04. The standard InChI is InChI=1S/C17H19NO3/c1-11(2)17(20)18-9-14(12(3)21-4)15(10-18)13-7-5-6-8-16(13)19/h5-11,19H,3H2,1-2,4H3. The van der Waals surface area contributed by atoms with Crippen molar-refractivity contribution in [2.75, 3.05) is 7.11 Å². The quantitative estimate of drug-likeness (QED) is 0.870. The minimum absolute atomic E-state index is 0.0261. The molecule has 0 amide bonds. The van der Waals surface area contributed by atoms with Crippen LogP contribution >= 0.6 is 0 Å². The molecule has 1 N–H and O–H groups in total. The summed E-state index contributed by atoms with van der Waals surface area (Å²) < 4.78 is 6.71. The second-order valence-electron chi connectivity index (χ2n) is 5.13. The van der Waals surface area contributed by atoms with E-state index in [9.17, 15) is 9.90 Å². The Balaban J connectivity index is 2.61. The number of phenols is 1. The molecule has 1 aromatic heterocycles. The molecule has 4 nitrogen and oxygen atoms in total. The second kappa shape index (κ2) is 5.87. The van der Waals surface area contributed by atoms with Gasteiger partial charge in [-0.15, -0.1) is 0 Å². The number of hydrogen-bond acceptors (Lipinski definition) is 3. The highest BCUT2D eigenvalue weighted by Crippen LogP contribution is 2.35. The molecule has 0 atom stereocenters. The van der Waals surface area contributed by atoms with Gasteiger partial charge in [0, 0.05) is 35.0 Å². The molecule has 0 aliphatic carbocycles. The van der Waals surface area contributed by atoms with Crippen LogP contribution in [0.15, 0.2) is 43.2 Å². The van der Waals surface area contributed by atoms with Gasteiger partial charge in [-0.1, -0.05) is 38.6 Å². The van der Waals surface area contributed by atoms with Gasteiger partial charge in [0.2, 0.25) is 5.91 Å². The van der Waals surface area contributed by atoms with Crippen LogP contribution in [0.5, 0.6) is 5.75 Å². The molecule has 0 fully saturated rings. The highest BCUT2D eigenvalue weighted by molar-refractivity contribution is 5.87. The van der Waals surface area contributed by atoms with Gasteiger partial charge < -0.3 is 9.84 Å². The number of rotatable bonds is 4. The lowest BCUT2D eigenvalue weighted by atomic mass is 10.0. The Bertz CT molecular complexity index is 683. The van der Waals surface area contributed by atoms with Gasteiger partial charge in [-0.05, 0) is 6.07 Å². The maximum Gasteiger partial charge on any atom is 0.233 e. The molecule has 0 aliphatic rings. The predicted octanol–water partition coefficient (Wildman–Crippen LogP) is 3.77. The van der Waals surface area contributed by atoms with Gasteiger partial charge in [0.25, 0.3) is 0 Å². The molecule has 2 aromatic rings. The SMILES string of the molecule is C=C(OC)c1cn(C(=O)C(C)C)cc1-c1ccccc1O. The number of aromatic nitrogens is 1. The molecule has 0 unspecified atom stereocenters. The van der Waals surface area contributed by atoms with Crippen molar-refractivity contribution in [3.8, 4) is 16.9 Å². The molecular weight excluding hydrogens is 266 g/mol. The van der Waals surface area contributed by atoms with E-state index in [0.29, 0.717) is 22.4 Å². The fourth-order valence-corrected chi connectivity index (χ4v) is 2.13. The molecule has 0 aliphatic heterocycles. The largest absolute Gasteiger partial charge is 0.507 e. The maximum absolute atomic E-state index is 12.2. The lowest BCUT2D eigenvalue weighted by molar-refractivity contribution is 0.0855. The van der Waals surface area contributed by atoms with Crippen molar-refractivity contribution >= 4 is 11.7 Å². The predicted molar refractivity (Wildman–Crippen MR) is 83.0 cm³/mol. The van der Waals surface area contributed by atoms with Crippen LogP contribution in [-0.2, 0) is 4.74 Å². The first-order chi connectivity index (χ1) is 9.95. The van der Waals surface area contributed by atoms with E-state index in [1.165, 1.54) is 11.7 Å².